The largest absolute Gasteiger partial charge is 0.460 e. The second-order valence-corrected chi connectivity index (χ2v) is 6.50. The molecular formula is C18H22ClNO4. The van der Waals surface area contributed by atoms with Crippen molar-refractivity contribution < 1.29 is 14.3 Å². The van der Waals surface area contributed by atoms with Crippen LogP contribution in [-0.4, -0.2) is 22.5 Å². The number of aliphatic hydroxyl groups is 1. The average molecular weight is 352 g/mol. The van der Waals surface area contributed by atoms with Gasteiger partial charge in [0.25, 0.3) is 5.91 Å². The lowest BCUT2D eigenvalue weighted by molar-refractivity contribution is 0.0993. The molecule has 24 heavy (non-hydrogen) atoms. The molecule has 1 aromatic heterocycles. The van der Waals surface area contributed by atoms with Crippen LogP contribution in [0.2, 0.25) is 0 Å². The lowest BCUT2D eigenvalue weighted by atomic mass is 10.0. The Labute approximate surface area is 145 Å². The maximum atomic E-state index is 12.5. The molecule has 5 nitrogen and oxygen atoms in total. The number of benzene rings is 1. The Kier molecular flexibility index (Phi) is 6.40. The highest BCUT2D eigenvalue weighted by atomic mass is 35.5. The van der Waals surface area contributed by atoms with E-state index >= 15 is 0 Å². The van der Waals surface area contributed by atoms with Gasteiger partial charge in [0.1, 0.15) is 16.9 Å². The summed E-state index contributed by atoms with van der Waals surface area (Å²) in [6.45, 7) is 2.01. The number of fused-ring (bicyclic) bond motifs is 1. The summed E-state index contributed by atoms with van der Waals surface area (Å²) in [5.41, 5.74) is 5.07. The third-order valence-electron chi connectivity index (χ3n) is 4.04. The van der Waals surface area contributed by atoms with Crippen LogP contribution >= 0.6 is 11.6 Å². The lowest BCUT2D eigenvalue weighted by Crippen LogP contribution is -2.26. The van der Waals surface area contributed by atoms with Crippen LogP contribution in [0, 0.1) is 0 Å². The fraction of sp³-hybridized carbons (Fsp3) is 0.444. The summed E-state index contributed by atoms with van der Waals surface area (Å²) in [5.74, 6) is -0.708. The fourth-order valence-electron chi connectivity index (χ4n) is 2.68. The third kappa shape index (κ3) is 4.36. The number of alkyl halides is 1. The first-order chi connectivity index (χ1) is 11.4. The number of nitrogens with two attached hydrogens (primary N) is 1. The van der Waals surface area contributed by atoms with E-state index in [4.69, 9.17) is 21.8 Å². The molecule has 0 saturated heterocycles. The number of primary amides is 1. The van der Waals surface area contributed by atoms with Gasteiger partial charge in [0.05, 0.1) is 11.5 Å². The van der Waals surface area contributed by atoms with Crippen molar-refractivity contribution in [3.8, 4) is 0 Å². The van der Waals surface area contributed by atoms with Crippen LogP contribution < -0.4 is 11.2 Å². The SMILES string of the molecule is CCC(Cl)CCCC(O)Cc1oc2ccccc2c(=O)c1C(N)=O. The summed E-state index contributed by atoms with van der Waals surface area (Å²) in [5, 5.41) is 10.6. The highest BCUT2D eigenvalue weighted by Gasteiger charge is 2.21. The van der Waals surface area contributed by atoms with Gasteiger partial charge < -0.3 is 15.3 Å². The smallest absolute Gasteiger partial charge is 0.256 e. The second kappa shape index (κ2) is 8.31. The van der Waals surface area contributed by atoms with Gasteiger partial charge in [-0.1, -0.05) is 19.1 Å². The number of halogens is 1. The lowest BCUT2D eigenvalue weighted by Gasteiger charge is -2.13. The molecule has 130 valence electrons. The van der Waals surface area contributed by atoms with E-state index in [0.29, 0.717) is 17.4 Å². The van der Waals surface area contributed by atoms with Gasteiger partial charge in [-0.15, -0.1) is 11.6 Å². The minimum atomic E-state index is -0.844. The van der Waals surface area contributed by atoms with E-state index in [1.165, 1.54) is 0 Å². The van der Waals surface area contributed by atoms with Crippen molar-refractivity contribution in [1.82, 2.24) is 0 Å². The molecule has 0 fully saturated rings. The van der Waals surface area contributed by atoms with E-state index < -0.39 is 17.4 Å². The molecule has 0 bridgehead atoms. The number of carbonyl (C=O) groups excluding carboxylic acids is 1. The fourth-order valence-corrected chi connectivity index (χ4v) is 2.83. The third-order valence-corrected chi connectivity index (χ3v) is 4.56. The van der Waals surface area contributed by atoms with Crippen LogP contribution in [0.4, 0.5) is 0 Å². The number of para-hydroxylation sites is 1. The molecule has 6 heteroatoms. The molecule has 0 aliphatic heterocycles. The Hall–Kier alpha value is -1.85. The van der Waals surface area contributed by atoms with Crippen LogP contribution in [0.25, 0.3) is 11.0 Å². The van der Waals surface area contributed by atoms with Gasteiger partial charge in [0.15, 0.2) is 0 Å². The number of rotatable bonds is 8. The predicted octanol–water partition coefficient (Wildman–Crippen LogP) is 2.98. The van der Waals surface area contributed by atoms with Gasteiger partial charge in [-0.2, -0.15) is 0 Å². The van der Waals surface area contributed by atoms with Crippen molar-refractivity contribution in [3.05, 3.63) is 45.8 Å². The van der Waals surface area contributed by atoms with Crippen molar-refractivity contribution >= 4 is 28.5 Å². The molecule has 0 aliphatic rings. The zero-order valence-corrected chi connectivity index (χ0v) is 14.4. The highest BCUT2D eigenvalue weighted by molar-refractivity contribution is 6.20. The minimum Gasteiger partial charge on any atom is -0.460 e. The standard InChI is InChI=1S/C18H22ClNO4/c1-2-11(19)6-5-7-12(21)10-15-16(18(20)23)17(22)13-8-3-4-9-14(13)24-15/h3-4,8-9,11-12,21H,2,5-7,10H2,1H3,(H2,20,23). The van der Waals surface area contributed by atoms with Crippen LogP contribution in [0.5, 0.6) is 0 Å². The van der Waals surface area contributed by atoms with E-state index in [1.807, 2.05) is 6.92 Å². The normalized spacial score (nSPS) is 13.8. The van der Waals surface area contributed by atoms with Gasteiger partial charge in [-0.3, -0.25) is 9.59 Å². The number of aliphatic hydroxyl groups excluding tert-OH is 1. The monoisotopic (exact) mass is 351 g/mol. The van der Waals surface area contributed by atoms with Crippen LogP contribution in [0.1, 0.15) is 48.7 Å². The molecule has 0 aliphatic carbocycles. The Morgan fingerprint density at radius 3 is 2.71 bits per heavy atom. The quantitative estimate of drug-likeness (QED) is 0.715. The number of hydrogen-bond donors (Lipinski definition) is 2. The number of hydrogen-bond acceptors (Lipinski definition) is 4. The molecule has 2 atom stereocenters. The predicted molar refractivity (Wildman–Crippen MR) is 94.5 cm³/mol. The number of carbonyl (C=O) groups is 1. The van der Waals surface area contributed by atoms with E-state index in [0.717, 1.165) is 19.3 Å². The second-order valence-electron chi connectivity index (χ2n) is 5.88. The molecule has 2 rings (SSSR count). The molecule has 3 N–H and O–H groups in total. The topological polar surface area (TPSA) is 93.5 Å². The van der Waals surface area contributed by atoms with E-state index in [2.05, 4.69) is 0 Å². The van der Waals surface area contributed by atoms with Crippen LogP contribution in [0.3, 0.4) is 0 Å². The van der Waals surface area contributed by atoms with E-state index in [-0.39, 0.29) is 23.1 Å². The van der Waals surface area contributed by atoms with Gasteiger partial charge >= 0.3 is 0 Å². The molecule has 2 aromatic rings. The summed E-state index contributed by atoms with van der Waals surface area (Å²) in [7, 11) is 0. The van der Waals surface area contributed by atoms with Crippen LogP contribution in [-0.2, 0) is 6.42 Å². The maximum absolute atomic E-state index is 12.5. The zero-order chi connectivity index (χ0) is 17.7. The van der Waals surface area contributed by atoms with Gasteiger partial charge in [0, 0.05) is 11.8 Å². The summed E-state index contributed by atoms with van der Waals surface area (Å²) in [6, 6.07) is 6.66. The van der Waals surface area contributed by atoms with Crippen molar-refractivity contribution in [2.24, 2.45) is 5.73 Å². The molecule has 1 aromatic carbocycles. The minimum absolute atomic E-state index is 0.0669. The molecule has 1 amide bonds. The first kappa shape index (κ1) is 18.5. The maximum Gasteiger partial charge on any atom is 0.256 e. The Morgan fingerprint density at radius 2 is 2.04 bits per heavy atom. The van der Waals surface area contributed by atoms with E-state index in [9.17, 15) is 14.7 Å². The molecule has 0 spiro atoms. The Bertz CT molecular complexity index is 771. The van der Waals surface area contributed by atoms with Gasteiger partial charge in [-0.25, -0.2) is 0 Å². The van der Waals surface area contributed by atoms with Crippen LogP contribution in [0.15, 0.2) is 33.5 Å². The molecule has 0 saturated carbocycles. The molecule has 1 heterocycles. The highest BCUT2D eigenvalue weighted by Crippen LogP contribution is 2.19. The van der Waals surface area contributed by atoms with Gasteiger partial charge in [0.2, 0.25) is 5.43 Å². The summed E-state index contributed by atoms with van der Waals surface area (Å²) in [6.07, 6.45) is 2.29. The van der Waals surface area contributed by atoms with Crippen molar-refractivity contribution in [2.45, 2.75) is 50.5 Å². The Balaban J connectivity index is 2.23. The first-order valence-electron chi connectivity index (χ1n) is 8.10. The summed E-state index contributed by atoms with van der Waals surface area (Å²) >= 11 is 6.06. The van der Waals surface area contributed by atoms with Crippen molar-refractivity contribution in [2.75, 3.05) is 0 Å². The molecule has 2 unspecified atom stereocenters. The Morgan fingerprint density at radius 1 is 1.33 bits per heavy atom. The summed E-state index contributed by atoms with van der Waals surface area (Å²) < 4.78 is 5.67. The van der Waals surface area contributed by atoms with Crippen molar-refractivity contribution in [1.29, 1.82) is 0 Å². The average Bonchev–Trinajstić information content (AvgIpc) is 2.54. The zero-order valence-electron chi connectivity index (χ0n) is 13.6. The summed E-state index contributed by atoms with van der Waals surface area (Å²) in [4.78, 5) is 24.1. The molecular weight excluding hydrogens is 330 g/mol. The van der Waals surface area contributed by atoms with Crippen molar-refractivity contribution in [3.63, 3.8) is 0 Å². The van der Waals surface area contributed by atoms with Gasteiger partial charge in [-0.05, 0) is 37.8 Å². The first-order valence-corrected chi connectivity index (χ1v) is 8.54. The van der Waals surface area contributed by atoms with E-state index in [1.54, 1.807) is 24.3 Å². The number of amides is 1. The molecule has 0 radical (unpaired) electrons.